The van der Waals surface area contributed by atoms with Crippen molar-refractivity contribution in [3.63, 3.8) is 0 Å². The lowest BCUT2D eigenvalue weighted by Gasteiger charge is -1.85. The Morgan fingerprint density at radius 2 is 2.25 bits per heavy atom. The van der Waals surface area contributed by atoms with Gasteiger partial charge in [-0.3, -0.25) is 0 Å². The Bertz CT molecular complexity index is 436. The van der Waals surface area contributed by atoms with E-state index in [-0.39, 0.29) is 11.2 Å². The summed E-state index contributed by atoms with van der Waals surface area (Å²) >= 11 is 0. The molecule has 2 aromatic heterocycles. The molecule has 62 valence electrons. The highest BCUT2D eigenvalue weighted by Crippen LogP contribution is 2.32. The largest absolute Gasteiger partial charge is 0.503 e. The number of hydrogen-bond acceptors (Lipinski definition) is 4. The van der Waals surface area contributed by atoms with Gasteiger partial charge in [0.05, 0.1) is 6.26 Å². The maximum atomic E-state index is 10.4. The molecule has 2 heterocycles. The van der Waals surface area contributed by atoms with Crippen LogP contribution in [0.4, 0.5) is 0 Å². The lowest BCUT2D eigenvalue weighted by Crippen LogP contribution is -1.92. The van der Waals surface area contributed by atoms with Crippen LogP contribution in [0.5, 0.6) is 5.75 Å². The smallest absolute Gasteiger partial charge is 0.375 e. The van der Waals surface area contributed by atoms with Crippen LogP contribution in [-0.2, 0) is 0 Å². The third-order valence-electron chi connectivity index (χ3n) is 1.49. The molecule has 0 saturated heterocycles. The Morgan fingerprint density at radius 1 is 1.50 bits per heavy atom. The van der Waals surface area contributed by atoms with Gasteiger partial charge in [0.2, 0.25) is 0 Å². The normalized spacial score (nSPS) is 10.7. The van der Waals surface area contributed by atoms with Gasteiger partial charge in [0, 0.05) is 0 Å². The zero-order valence-electron chi connectivity index (χ0n) is 5.77. The molecule has 0 aliphatic rings. The summed E-state index contributed by atoms with van der Waals surface area (Å²) < 4.78 is 9.42. The first-order valence-corrected chi connectivity index (χ1v) is 3.12. The average molecular weight is 168 g/mol. The zero-order chi connectivity index (χ0) is 8.72. The fourth-order valence-electron chi connectivity index (χ4n) is 0.958. The Hall–Kier alpha value is -1.91. The fourth-order valence-corrected chi connectivity index (χ4v) is 0.958. The third kappa shape index (κ3) is 0.701. The van der Waals surface area contributed by atoms with Gasteiger partial charge in [-0.2, -0.15) is 0 Å². The Balaban J connectivity index is 2.78. The quantitative estimate of drug-likeness (QED) is 0.672. The predicted molar refractivity (Wildman–Crippen MR) is 37.1 cm³/mol. The molecule has 0 fully saturated rings. The van der Waals surface area contributed by atoms with Gasteiger partial charge in [-0.15, -0.1) is 0 Å². The van der Waals surface area contributed by atoms with Crippen molar-refractivity contribution in [3.8, 4) is 5.75 Å². The molecule has 0 aliphatic heterocycles. The van der Waals surface area contributed by atoms with Crippen LogP contribution in [-0.4, -0.2) is 16.2 Å². The van der Waals surface area contributed by atoms with E-state index in [0.29, 0.717) is 0 Å². The predicted octanol–water partition coefficient (Wildman–Crippen LogP) is 1.43. The van der Waals surface area contributed by atoms with Gasteiger partial charge in [0.25, 0.3) is 5.76 Å². The number of carboxylic acid groups (broad SMARTS) is 1. The fraction of sp³-hybridized carbons (Fsp3) is 0. The number of furan rings is 2. The van der Waals surface area contributed by atoms with Crippen LogP contribution in [0, 0.1) is 0 Å². The van der Waals surface area contributed by atoms with Crippen molar-refractivity contribution in [2.24, 2.45) is 0 Å². The highest BCUT2D eigenvalue weighted by atomic mass is 16.5. The Morgan fingerprint density at radius 3 is 2.83 bits per heavy atom. The summed E-state index contributed by atoms with van der Waals surface area (Å²) in [5.41, 5.74) is 0. The maximum absolute atomic E-state index is 10.4. The Kier molecular flexibility index (Phi) is 1.15. The first kappa shape index (κ1) is 6.78. The van der Waals surface area contributed by atoms with Crippen molar-refractivity contribution in [2.45, 2.75) is 0 Å². The molecular formula is C7H4O5. The molecule has 5 heteroatoms. The second-order valence-corrected chi connectivity index (χ2v) is 2.21. The summed E-state index contributed by atoms with van der Waals surface area (Å²) in [6.07, 6.45) is 1.31. The maximum Gasteiger partial charge on any atom is 0.375 e. The number of rotatable bonds is 1. The first-order chi connectivity index (χ1) is 5.70. The van der Waals surface area contributed by atoms with Crippen molar-refractivity contribution >= 4 is 17.1 Å². The van der Waals surface area contributed by atoms with Crippen LogP contribution in [0.15, 0.2) is 21.2 Å². The number of carbonyl (C=O) groups is 1. The second-order valence-electron chi connectivity index (χ2n) is 2.21. The molecule has 0 amide bonds. The van der Waals surface area contributed by atoms with Crippen LogP contribution in [0.1, 0.15) is 10.6 Å². The molecule has 0 bridgehead atoms. The van der Waals surface area contributed by atoms with Gasteiger partial charge in [0.15, 0.2) is 5.75 Å². The summed E-state index contributed by atoms with van der Waals surface area (Å²) in [6.45, 7) is 0. The van der Waals surface area contributed by atoms with Crippen molar-refractivity contribution in [2.75, 3.05) is 0 Å². The highest BCUT2D eigenvalue weighted by Gasteiger charge is 2.20. The molecular weight excluding hydrogens is 164 g/mol. The molecule has 2 aromatic rings. The highest BCUT2D eigenvalue weighted by molar-refractivity contribution is 5.96. The average Bonchev–Trinajstić information content (AvgIpc) is 2.53. The van der Waals surface area contributed by atoms with Crippen LogP contribution >= 0.6 is 0 Å². The van der Waals surface area contributed by atoms with E-state index in [1.165, 1.54) is 12.3 Å². The lowest BCUT2D eigenvalue weighted by molar-refractivity contribution is 0.0658. The number of hydrogen-bond donors (Lipinski definition) is 2. The number of carboxylic acids is 1. The van der Waals surface area contributed by atoms with Gasteiger partial charge in [-0.05, 0) is 6.07 Å². The summed E-state index contributed by atoms with van der Waals surface area (Å²) in [5, 5.41) is 18.0. The van der Waals surface area contributed by atoms with Crippen LogP contribution in [0.25, 0.3) is 11.2 Å². The van der Waals surface area contributed by atoms with Gasteiger partial charge in [-0.1, -0.05) is 0 Å². The molecule has 0 aromatic carbocycles. The van der Waals surface area contributed by atoms with E-state index in [1.54, 1.807) is 0 Å². The summed E-state index contributed by atoms with van der Waals surface area (Å²) in [7, 11) is 0. The molecule has 0 unspecified atom stereocenters. The number of aromatic carboxylic acids is 1. The minimum Gasteiger partial charge on any atom is -0.503 e. The second kappa shape index (κ2) is 2.04. The number of fused-ring (bicyclic) bond motifs is 1. The molecule has 2 rings (SSSR count). The zero-order valence-corrected chi connectivity index (χ0v) is 5.77. The molecule has 0 saturated carbocycles. The Labute approximate surface area is 65.8 Å². The molecule has 0 spiro atoms. The standard InChI is InChI=1S/C7H4O5/c8-4-3-1-2-11-7(3)12-5(4)6(9)10/h1-2,8H,(H,9,10). The van der Waals surface area contributed by atoms with Crippen LogP contribution in [0.3, 0.4) is 0 Å². The van der Waals surface area contributed by atoms with E-state index < -0.39 is 17.5 Å². The van der Waals surface area contributed by atoms with Gasteiger partial charge in [0.1, 0.15) is 5.39 Å². The molecule has 12 heavy (non-hydrogen) atoms. The monoisotopic (exact) mass is 168 g/mol. The minimum absolute atomic E-state index is 0.0184. The summed E-state index contributed by atoms with van der Waals surface area (Å²) in [5.74, 6) is -2.19. The summed E-state index contributed by atoms with van der Waals surface area (Å²) in [6, 6.07) is 1.43. The van der Waals surface area contributed by atoms with Crippen molar-refractivity contribution in [1.82, 2.24) is 0 Å². The number of aromatic hydroxyl groups is 1. The first-order valence-electron chi connectivity index (χ1n) is 3.12. The third-order valence-corrected chi connectivity index (χ3v) is 1.49. The van der Waals surface area contributed by atoms with Crippen LogP contribution in [0.2, 0.25) is 0 Å². The van der Waals surface area contributed by atoms with Crippen molar-refractivity contribution in [1.29, 1.82) is 0 Å². The minimum atomic E-state index is -1.32. The molecule has 0 aliphatic carbocycles. The van der Waals surface area contributed by atoms with E-state index in [1.807, 2.05) is 0 Å². The van der Waals surface area contributed by atoms with Crippen molar-refractivity contribution < 1.29 is 23.8 Å². The molecule has 5 nitrogen and oxygen atoms in total. The topological polar surface area (TPSA) is 83.8 Å². The van der Waals surface area contributed by atoms with E-state index in [4.69, 9.17) is 9.52 Å². The van der Waals surface area contributed by atoms with Gasteiger partial charge >= 0.3 is 11.7 Å². The van der Waals surface area contributed by atoms with E-state index >= 15 is 0 Å². The molecule has 2 N–H and O–H groups in total. The molecule has 0 radical (unpaired) electrons. The van der Waals surface area contributed by atoms with Crippen LogP contribution < -0.4 is 0 Å². The molecule has 0 atom stereocenters. The van der Waals surface area contributed by atoms with Gasteiger partial charge in [-0.25, -0.2) is 4.79 Å². The van der Waals surface area contributed by atoms with E-state index in [2.05, 4.69) is 4.42 Å². The van der Waals surface area contributed by atoms with Crippen molar-refractivity contribution in [3.05, 3.63) is 18.1 Å². The van der Waals surface area contributed by atoms with E-state index in [0.717, 1.165) is 0 Å². The van der Waals surface area contributed by atoms with Gasteiger partial charge < -0.3 is 19.0 Å². The van der Waals surface area contributed by atoms with E-state index in [9.17, 15) is 9.90 Å². The summed E-state index contributed by atoms with van der Waals surface area (Å²) in [4.78, 5) is 10.4. The lowest BCUT2D eigenvalue weighted by atomic mass is 10.3. The SMILES string of the molecule is O=C(O)c1oc2occc2c1O.